The molecule has 1 saturated carbocycles. The van der Waals surface area contributed by atoms with Crippen LogP contribution in [-0.4, -0.2) is 14.7 Å². The average molecular weight is 204 g/mol. The Bertz CT molecular complexity index is 515. The van der Waals surface area contributed by atoms with Crippen molar-refractivity contribution < 1.29 is 5.11 Å². The highest BCUT2D eigenvalue weighted by atomic mass is 16.3. The molecule has 0 unspecified atom stereocenters. The highest BCUT2D eigenvalue weighted by Crippen LogP contribution is 2.41. The Morgan fingerprint density at radius 1 is 1.47 bits per heavy atom. The fraction of sp³-hybridized carbons (Fsp3) is 0.300. The highest BCUT2D eigenvalue weighted by Gasteiger charge is 2.28. The Balaban J connectivity index is 2.33. The molecule has 0 saturated heterocycles. The van der Waals surface area contributed by atoms with Crippen molar-refractivity contribution in [3.63, 3.8) is 0 Å². The van der Waals surface area contributed by atoms with Crippen molar-refractivity contribution in [2.75, 3.05) is 5.43 Å². The van der Waals surface area contributed by atoms with Crippen LogP contribution in [0, 0.1) is 0 Å². The van der Waals surface area contributed by atoms with Gasteiger partial charge < -0.3 is 9.67 Å². The Kier molecular flexibility index (Phi) is 1.63. The molecule has 1 aliphatic carbocycles. The van der Waals surface area contributed by atoms with Gasteiger partial charge in [-0.2, -0.15) is 0 Å². The number of phenolic OH excluding ortho intramolecular Hbond substituents is 1. The first kappa shape index (κ1) is 8.55. The number of hydrogen-bond acceptors (Lipinski definition) is 4. The predicted octanol–water partition coefficient (Wildman–Crippen LogP) is 1.36. The summed E-state index contributed by atoms with van der Waals surface area (Å²) in [5.41, 5.74) is 4.12. The number of imidazole rings is 1. The van der Waals surface area contributed by atoms with Crippen LogP contribution >= 0.6 is 0 Å². The number of nitrogens with zero attached hydrogens (tertiary/aromatic N) is 2. The smallest absolute Gasteiger partial charge is 0.218 e. The second-order valence-electron chi connectivity index (χ2n) is 3.83. The number of nitrogens with two attached hydrogens (primary N) is 1. The van der Waals surface area contributed by atoms with E-state index in [4.69, 9.17) is 5.84 Å². The van der Waals surface area contributed by atoms with Crippen LogP contribution in [-0.2, 0) is 0 Å². The van der Waals surface area contributed by atoms with E-state index in [2.05, 4.69) is 15.0 Å². The normalized spacial score (nSPS) is 15.8. The van der Waals surface area contributed by atoms with Gasteiger partial charge in [-0.1, -0.05) is 6.07 Å². The van der Waals surface area contributed by atoms with Gasteiger partial charge in [-0.05, 0) is 25.0 Å². The van der Waals surface area contributed by atoms with Crippen molar-refractivity contribution >= 4 is 17.0 Å². The number of hydrogen-bond donors (Lipinski definition) is 3. The van der Waals surface area contributed by atoms with Crippen molar-refractivity contribution in [3.8, 4) is 5.75 Å². The molecule has 5 heteroatoms. The van der Waals surface area contributed by atoms with E-state index in [1.807, 2.05) is 12.1 Å². The number of para-hydroxylation sites is 1. The molecule has 2 aromatic rings. The number of phenols is 1. The first-order chi connectivity index (χ1) is 7.31. The number of rotatable bonds is 2. The van der Waals surface area contributed by atoms with Gasteiger partial charge in [0.15, 0.2) is 0 Å². The Labute approximate surface area is 86.5 Å². The van der Waals surface area contributed by atoms with E-state index >= 15 is 0 Å². The molecule has 0 aliphatic heterocycles. The molecule has 1 aliphatic rings. The maximum Gasteiger partial charge on any atom is 0.218 e. The minimum atomic E-state index is 0.198. The number of nitrogen functional groups attached to an aromatic ring is 1. The predicted molar refractivity (Wildman–Crippen MR) is 57.5 cm³/mol. The minimum absolute atomic E-state index is 0.198. The van der Waals surface area contributed by atoms with Crippen LogP contribution in [0.2, 0.25) is 0 Å². The standard InChI is InChI=1S/C10H12N4O/c11-13-10-12-9-7(2-1-3-8(9)15)14(10)6-4-5-6/h1-3,6,15H,4-5,11H2,(H,12,13). The number of hydrazine groups is 1. The molecule has 1 fully saturated rings. The summed E-state index contributed by atoms with van der Waals surface area (Å²) in [4.78, 5) is 4.27. The molecule has 4 N–H and O–H groups in total. The first-order valence-corrected chi connectivity index (χ1v) is 4.98. The molecule has 78 valence electrons. The minimum Gasteiger partial charge on any atom is -0.506 e. The van der Waals surface area contributed by atoms with Crippen molar-refractivity contribution in [1.82, 2.24) is 9.55 Å². The third kappa shape index (κ3) is 1.16. The van der Waals surface area contributed by atoms with Gasteiger partial charge in [0, 0.05) is 6.04 Å². The summed E-state index contributed by atoms with van der Waals surface area (Å²) in [5, 5.41) is 9.66. The Hall–Kier alpha value is -1.75. The number of aromatic hydroxyl groups is 1. The molecule has 0 amide bonds. The van der Waals surface area contributed by atoms with Crippen LogP contribution in [0.3, 0.4) is 0 Å². The van der Waals surface area contributed by atoms with Crippen LogP contribution in [0.1, 0.15) is 18.9 Å². The van der Waals surface area contributed by atoms with Crippen LogP contribution in [0.25, 0.3) is 11.0 Å². The van der Waals surface area contributed by atoms with Gasteiger partial charge in [0.1, 0.15) is 11.3 Å². The summed E-state index contributed by atoms with van der Waals surface area (Å²) in [6, 6.07) is 5.87. The zero-order chi connectivity index (χ0) is 10.4. The second-order valence-corrected chi connectivity index (χ2v) is 3.83. The Morgan fingerprint density at radius 3 is 2.93 bits per heavy atom. The third-order valence-electron chi connectivity index (χ3n) is 2.74. The van der Waals surface area contributed by atoms with Crippen molar-refractivity contribution in [3.05, 3.63) is 18.2 Å². The molecule has 1 aromatic carbocycles. The highest BCUT2D eigenvalue weighted by molar-refractivity contribution is 5.84. The van der Waals surface area contributed by atoms with Crippen LogP contribution < -0.4 is 11.3 Å². The largest absolute Gasteiger partial charge is 0.506 e. The lowest BCUT2D eigenvalue weighted by atomic mass is 10.3. The summed E-state index contributed by atoms with van der Waals surface area (Å²) in [6.45, 7) is 0. The molecule has 1 heterocycles. The number of benzene rings is 1. The van der Waals surface area contributed by atoms with E-state index in [-0.39, 0.29) is 5.75 Å². The molecule has 0 bridgehead atoms. The lowest BCUT2D eigenvalue weighted by Crippen LogP contribution is -2.12. The molecule has 5 nitrogen and oxygen atoms in total. The van der Waals surface area contributed by atoms with E-state index in [0.29, 0.717) is 17.5 Å². The molecule has 0 spiro atoms. The van der Waals surface area contributed by atoms with Crippen molar-refractivity contribution in [1.29, 1.82) is 0 Å². The van der Waals surface area contributed by atoms with Gasteiger partial charge in [0.2, 0.25) is 5.95 Å². The van der Waals surface area contributed by atoms with E-state index in [9.17, 15) is 5.11 Å². The summed E-state index contributed by atoms with van der Waals surface area (Å²) >= 11 is 0. The number of nitrogens with one attached hydrogen (secondary N) is 1. The molecular weight excluding hydrogens is 192 g/mol. The quantitative estimate of drug-likeness (QED) is 0.510. The molecule has 15 heavy (non-hydrogen) atoms. The van der Waals surface area contributed by atoms with Crippen LogP contribution in [0.15, 0.2) is 18.2 Å². The maximum absolute atomic E-state index is 9.66. The molecular formula is C10H12N4O. The summed E-state index contributed by atoms with van der Waals surface area (Å²) in [6.07, 6.45) is 2.30. The SMILES string of the molecule is NNc1nc2c(O)cccc2n1C1CC1. The molecule has 0 radical (unpaired) electrons. The van der Waals surface area contributed by atoms with Gasteiger partial charge in [0.05, 0.1) is 5.52 Å². The van der Waals surface area contributed by atoms with Gasteiger partial charge in [-0.3, -0.25) is 5.43 Å². The summed E-state index contributed by atoms with van der Waals surface area (Å²) < 4.78 is 2.05. The third-order valence-corrected chi connectivity index (χ3v) is 2.74. The number of fused-ring (bicyclic) bond motifs is 1. The fourth-order valence-electron chi connectivity index (χ4n) is 1.91. The number of anilines is 1. The molecule has 1 aromatic heterocycles. The van der Waals surface area contributed by atoms with Crippen molar-refractivity contribution in [2.45, 2.75) is 18.9 Å². The Morgan fingerprint density at radius 2 is 2.27 bits per heavy atom. The zero-order valence-corrected chi connectivity index (χ0v) is 8.14. The fourth-order valence-corrected chi connectivity index (χ4v) is 1.91. The molecule has 0 atom stereocenters. The van der Waals surface area contributed by atoms with Gasteiger partial charge >= 0.3 is 0 Å². The molecule has 3 rings (SSSR count). The lowest BCUT2D eigenvalue weighted by Gasteiger charge is -2.05. The van der Waals surface area contributed by atoms with Gasteiger partial charge in [-0.15, -0.1) is 0 Å². The maximum atomic E-state index is 9.66. The monoisotopic (exact) mass is 204 g/mol. The van der Waals surface area contributed by atoms with Crippen molar-refractivity contribution in [2.24, 2.45) is 5.84 Å². The summed E-state index contributed by atoms with van der Waals surface area (Å²) in [7, 11) is 0. The van der Waals surface area contributed by atoms with Crippen LogP contribution in [0.4, 0.5) is 5.95 Å². The van der Waals surface area contributed by atoms with Gasteiger partial charge in [-0.25, -0.2) is 10.8 Å². The van der Waals surface area contributed by atoms with E-state index in [1.54, 1.807) is 6.07 Å². The topological polar surface area (TPSA) is 76.1 Å². The average Bonchev–Trinajstić information content (AvgIpc) is 3.00. The number of aromatic nitrogens is 2. The van der Waals surface area contributed by atoms with E-state index < -0.39 is 0 Å². The van der Waals surface area contributed by atoms with Crippen LogP contribution in [0.5, 0.6) is 5.75 Å². The second kappa shape index (κ2) is 2.87. The van der Waals surface area contributed by atoms with E-state index in [0.717, 1.165) is 18.4 Å². The van der Waals surface area contributed by atoms with E-state index in [1.165, 1.54) is 0 Å². The first-order valence-electron chi connectivity index (χ1n) is 4.98. The zero-order valence-electron chi connectivity index (χ0n) is 8.14. The lowest BCUT2D eigenvalue weighted by molar-refractivity contribution is 0.480. The summed E-state index contributed by atoms with van der Waals surface area (Å²) in [5.74, 6) is 6.23. The van der Waals surface area contributed by atoms with Gasteiger partial charge in [0.25, 0.3) is 0 Å².